The van der Waals surface area contributed by atoms with E-state index in [-0.39, 0.29) is 6.10 Å². The van der Waals surface area contributed by atoms with Crippen molar-refractivity contribution in [2.45, 2.75) is 115 Å². The lowest BCUT2D eigenvalue weighted by atomic mass is 9.62. The average molecular weight is 376 g/mol. The molecule has 0 saturated heterocycles. The minimum Gasteiger partial charge on any atom is -0.393 e. The van der Waals surface area contributed by atoms with Crippen molar-refractivity contribution in [2.24, 2.45) is 47.2 Å². The van der Waals surface area contributed by atoms with Gasteiger partial charge in [-0.05, 0) is 125 Å². The van der Waals surface area contributed by atoms with Crippen molar-refractivity contribution >= 4 is 0 Å². The molecule has 4 fully saturated rings. The summed E-state index contributed by atoms with van der Waals surface area (Å²) < 4.78 is 0. The van der Waals surface area contributed by atoms with Crippen LogP contribution >= 0.6 is 0 Å². The van der Waals surface area contributed by atoms with E-state index in [1.54, 1.807) is 0 Å². The van der Waals surface area contributed by atoms with E-state index in [1.165, 1.54) is 89.9 Å². The Hall–Kier alpha value is -0.0800. The van der Waals surface area contributed by atoms with Gasteiger partial charge >= 0.3 is 0 Å². The van der Waals surface area contributed by atoms with Gasteiger partial charge in [0.25, 0.3) is 0 Å². The van der Waals surface area contributed by atoms with Crippen molar-refractivity contribution in [3.63, 3.8) is 0 Å². The third-order valence-corrected chi connectivity index (χ3v) is 9.54. The van der Waals surface area contributed by atoms with Gasteiger partial charge in [-0.25, -0.2) is 0 Å². The predicted molar refractivity (Wildman–Crippen MR) is 113 cm³/mol. The normalized spacial score (nSPS) is 49.7. The van der Waals surface area contributed by atoms with Crippen molar-refractivity contribution in [3.05, 3.63) is 0 Å². The van der Waals surface area contributed by atoms with Gasteiger partial charge < -0.3 is 10.8 Å². The molecule has 2 heteroatoms. The molecule has 3 N–H and O–H groups in total. The average Bonchev–Trinajstić information content (AvgIpc) is 2.69. The molecule has 3 atom stereocenters. The number of aliphatic hydroxyl groups excluding tert-OH is 1. The SMILES string of the molecule is CC1CCC(C2CCC(C3CCC(C4CCC(N)CC4)CC3)C(O)C2)CC1. The monoisotopic (exact) mass is 375 g/mol. The standard InChI is InChI=1S/C25H45NO/c1-17-2-4-20(5-3-17)22-12-15-24(25(27)16-22)21-8-6-18(7-9-21)19-10-13-23(26)14-11-19/h17-25,27H,2-16,26H2,1H3. The number of rotatable bonds is 3. The molecular weight excluding hydrogens is 330 g/mol. The smallest absolute Gasteiger partial charge is 0.0573 e. The van der Waals surface area contributed by atoms with Gasteiger partial charge in [-0.2, -0.15) is 0 Å². The molecule has 156 valence electrons. The molecule has 0 radical (unpaired) electrons. The van der Waals surface area contributed by atoms with Crippen LogP contribution in [0.5, 0.6) is 0 Å². The van der Waals surface area contributed by atoms with E-state index in [4.69, 9.17) is 5.73 Å². The minimum atomic E-state index is -0.00247. The summed E-state index contributed by atoms with van der Waals surface area (Å²) in [6.07, 6.45) is 20.5. The second-order valence-electron chi connectivity index (χ2n) is 11.2. The van der Waals surface area contributed by atoms with Crippen LogP contribution in [-0.4, -0.2) is 17.3 Å². The Balaban J connectivity index is 1.22. The second kappa shape index (κ2) is 9.16. The van der Waals surface area contributed by atoms with Crippen LogP contribution in [0.3, 0.4) is 0 Å². The maximum Gasteiger partial charge on any atom is 0.0573 e. The number of aliphatic hydroxyl groups is 1. The topological polar surface area (TPSA) is 46.2 Å². The van der Waals surface area contributed by atoms with Crippen LogP contribution in [0.25, 0.3) is 0 Å². The molecule has 3 unspecified atom stereocenters. The molecule has 4 aliphatic rings. The van der Waals surface area contributed by atoms with Gasteiger partial charge in [-0.3, -0.25) is 0 Å². The van der Waals surface area contributed by atoms with E-state index in [9.17, 15) is 5.11 Å². The van der Waals surface area contributed by atoms with Crippen LogP contribution in [0.2, 0.25) is 0 Å². The van der Waals surface area contributed by atoms with Crippen molar-refractivity contribution in [1.82, 2.24) is 0 Å². The fraction of sp³-hybridized carbons (Fsp3) is 1.00. The van der Waals surface area contributed by atoms with Gasteiger partial charge in [0.2, 0.25) is 0 Å². The van der Waals surface area contributed by atoms with Crippen molar-refractivity contribution < 1.29 is 5.11 Å². The fourth-order valence-electron chi connectivity index (χ4n) is 7.60. The Kier molecular flexibility index (Phi) is 6.85. The van der Waals surface area contributed by atoms with E-state index in [0.29, 0.717) is 12.0 Å². The molecule has 4 rings (SSSR count). The zero-order chi connectivity index (χ0) is 18.8. The lowest BCUT2D eigenvalue weighted by Crippen LogP contribution is -2.39. The molecule has 2 nitrogen and oxygen atoms in total. The van der Waals surface area contributed by atoms with Crippen molar-refractivity contribution in [2.75, 3.05) is 0 Å². The molecule has 0 heterocycles. The Morgan fingerprint density at radius 3 is 1.59 bits per heavy atom. The maximum absolute atomic E-state index is 11.0. The summed E-state index contributed by atoms with van der Waals surface area (Å²) in [4.78, 5) is 0. The van der Waals surface area contributed by atoms with Gasteiger partial charge in [-0.1, -0.05) is 19.8 Å². The lowest BCUT2D eigenvalue weighted by molar-refractivity contribution is -0.0181. The highest BCUT2D eigenvalue weighted by Gasteiger charge is 2.40. The third kappa shape index (κ3) is 4.92. The third-order valence-electron chi connectivity index (χ3n) is 9.54. The van der Waals surface area contributed by atoms with Crippen LogP contribution in [0.4, 0.5) is 0 Å². The van der Waals surface area contributed by atoms with Crippen LogP contribution in [0, 0.1) is 41.4 Å². The first-order valence-electron chi connectivity index (χ1n) is 12.5. The summed E-state index contributed by atoms with van der Waals surface area (Å²) >= 11 is 0. The number of hydrogen-bond acceptors (Lipinski definition) is 2. The Morgan fingerprint density at radius 2 is 1.00 bits per heavy atom. The summed E-state index contributed by atoms with van der Waals surface area (Å²) in [6, 6.07) is 0.482. The first kappa shape index (κ1) is 20.2. The summed E-state index contributed by atoms with van der Waals surface area (Å²) in [5.41, 5.74) is 6.11. The van der Waals surface area contributed by atoms with Crippen LogP contribution in [0.1, 0.15) is 103 Å². The highest BCUT2D eigenvalue weighted by Crippen LogP contribution is 2.47. The van der Waals surface area contributed by atoms with Crippen molar-refractivity contribution in [3.8, 4) is 0 Å². The first-order chi connectivity index (χ1) is 13.1. The lowest BCUT2D eigenvalue weighted by Gasteiger charge is -2.44. The molecule has 4 aliphatic carbocycles. The zero-order valence-corrected chi connectivity index (χ0v) is 17.8. The number of hydrogen-bond donors (Lipinski definition) is 2. The molecule has 0 bridgehead atoms. The molecule has 0 amide bonds. The Labute approximate surface area is 168 Å². The summed E-state index contributed by atoms with van der Waals surface area (Å²) in [7, 11) is 0. The van der Waals surface area contributed by atoms with E-state index >= 15 is 0 Å². The molecule has 0 aromatic rings. The first-order valence-corrected chi connectivity index (χ1v) is 12.5. The highest BCUT2D eigenvalue weighted by atomic mass is 16.3. The molecular formula is C25H45NO. The Bertz CT molecular complexity index is 441. The van der Waals surface area contributed by atoms with Gasteiger partial charge in [-0.15, -0.1) is 0 Å². The van der Waals surface area contributed by atoms with Crippen LogP contribution in [0.15, 0.2) is 0 Å². The van der Waals surface area contributed by atoms with E-state index < -0.39 is 0 Å². The second-order valence-corrected chi connectivity index (χ2v) is 11.2. The van der Waals surface area contributed by atoms with E-state index in [0.717, 1.165) is 41.9 Å². The van der Waals surface area contributed by atoms with Gasteiger partial charge in [0, 0.05) is 6.04 Å². The summed E-state index contributed by atoms with van der Waals surface area (Å²) in [5, 5.41) is 11.0. The molecule has 0 spiro atoms. The van der Waals surface area contributed by atoms with E-state index in [1.807, 2.05) is 0 Å². The van der Waals surface area contributed by atoms with Crippen molar-refractivity contribution in [1.29, 1.82) is 0 Å². The zero-order valence-electron chi connectivity index (χ0n) is 17.8. The van der Waals surface area contributed by atoms with Crippen LogP contribution in [-0.2, 0) is 0 Å². The largest absolute Gasteiger partial charge is 0.393 e. The van der Waals surface area contributed by atoms with Gasteiger partial charge in [0.1, 0.15) is 0 Å². The minimum absolute atomic E-state index is 0.00247. The quantitative estimate of drug-likeness (QED) is 0.643. The van der Waals surface area contributed by atoms with E-state index in [2.05, 4.69) is 6.92 Å². The van der Waals surface area contributed by atoms with Gasteiger partial charge in [0.05, 0.1) is 6.10 Å². The molecule has 0 aromatic heterocycles. The fourth-order valence-corrected chi connectivity index (χ4v) is 7.60. The summed E-state index contributed by atoms with van der Waals surface area (Å²) in [6.45, 7) is 2.42. The summed E-state index contributed by atoms with van der Waals surface area (Å²) in [5.74, 6) is 6.04. The Morgan fingerprint density at radius 1 is 0.556 bits per heavy atom. The molecule has 27 heavy (non-hydrogen) atoms. The predicted octanol–water partition coefficient (Wildman–Crippen LogP) is 5.91. The maximum atomic E-state index is 11.0. The number of nitrogens with two attached hydrogens (primary N) is 1. The molecule has 0 aliphatic heterocycles. The molecule has 4 saturated carbocycles. The highest BCUT2D eigenvalue weighted by molar-refractivity contribution is 4.91. The molecule has 0 aromatic carbocycles. The van der Waals surface area contributed by atoms with Gasteiger partial charge in [0.15, 0.2) is 0 Å². The van der Waals surface area contributed by atoms with Crippen LogP contribution < -0.4 is 5.73 Å².